The highest BCUT2D eigenvalue weighted by Crippen LogP contribution is 2.20. The average molecular weight is 279 g/mol. The summed E-state index contributed by atoms with van der Waals surface area (Å²) in [6, 6.07) is 3.62. The van der Waals surface area contributed by atoms with Crippen molar-refractivity contribution in [2.45, 2.75) is 19.4 Å². The number of aromatic nitrogens is 1. The highest BCUT2D eigenvalue weighted by Gasteiger charge is 2.16. The maximum Gasteiger partial charge on any atom is 0.252 e. The van der Waals surface area contributed by atoms with Crippen LogP contribution in [0.2, 0.25) is 0 Å². The van der Waals surface area contributed by atoms with E-state index in [9.17, 15) is 9.18 Å². The predicted molar refractivity (Wildman–Crippen MR) is 73.4 cm³/mol. The van der Waals surface area contributed by atoms with Crippen LogP contribution in [0, 0.1) is 5.82 Å². The fourth-order valence-corrected chi connectivity index (χ4v) is 2.50. The number of rotatable bonds is 4. The molecule has 0 spiro atoms. The van der Waals surface area contributed by atoms with Gasteiger partial charge in [-0.25, -0.2) is 9.37 Å². The van der Waals surface area contributed by atoms with Crippen LogP contribution in [0.3, 0.4) is 0 Å². The number of nitrogen functional groups attached to an aromatic ring is 1. The van der Waals surface area contributed by atoms with Crippen LogP contribution in [0.1, 0.15) is 34.8 Å². The average Bonchev–Trinajstić information content (AvgIpc) is 2.88. The molecule has 6 heteroatoms. The first-order valence-corrected chi connectivity index (χ1v) is 6.74. The summed E-state index contributed by atoms with van der Waals surface area (Å²) in [7, 11) is 0. The van der Waals surface area contributed by atoms with Crippen molar-refractivity contribution in [3.05, 3.63) is 46.2 Å². The van der Waals surface area contributed by atoms with E-state index in [1.807, 2.05) is 12.3 Å². The molecule has 1 heterocycles. The lowest BCUT2D eigenvalue weighted by molar-refractivity contribution is 0.0935. The Kier molecular flexibility index (Phi) is 4.11. The van der Waals surface area contributed by atoms with E-state index >= 15 is 0 Å². The third kappa shape index (κ3) is 3.29. The summed E-state index contributed by atoms with van der Waals surface area (Å²) in [6.45, 7) is 1.95. The van der Waals surface area contributed by atoms with Gasteiger partial charge in [-0.15, -0.1) is 11.3 Å². The largest absolute Gasteiger partial charge is 0.399 e. The highest BCUT2D eigenvalue weighted by atomic mass is 32.1. The molecule has 0 fully saturated rings. The molecule has 1 aromatic carbocycles. The lowest BCUT2D eigenvalue weighted by atomic mass is 10.1. The van der Waals surface area contributed by atoms with Gasteiger partial charge in [0.2, 0.25) is 0 Å². The van der Waals surface area contributed by atoms with E-state index in [4.69, 9.17) is 5.73 Å². The van der Waals surface area contributed by atoms with E-state index < -0.39 is 5.82 Å². The number of thiazole rings is 1. The Hall–Kier alpha value is -1.95. The van der Waals surface area contributed by atoms with E-state index in [1.165, 1.54) is 29.5 Å². The van der Waals surface area contributed by atoms with Gasteiger partial charge in [-0.2, -0.15) is 0 Å². The van der Waals surface area contributed by atoms with Crippen LogP contribution in [-0.4, -0.2) is 10.9 Å². The SMILES string of the molecule is CCC(NC(=O)c1cc(N)cc(F)c1)c1nccs1. The molecular formula is C13H14FN3OS. The van der Waals surface area contributed by atoms with Crippen LogP contribution in [0.25, 0.3) is 0 Å². The number of carbonyl (C=O) groups is 1. The second kappa shape index (κ2) is 5.79. The third-order valence-electron chi connectivity index (χ3n) is 2.65. The number of carbonyl (C=O) groups excluding carboxylic acids is 1. The Morgan fingerprint density at radius 1 is 1.53 bits per heavy atom. The van der Waals surface area contributed by atoms with Gasteiger partial charge in [0.1, 0.15) is 10.8 Å². The predicted octanol–water partition coefficient (Wildman–Crippen LogP) is 2.75. The van der Waals surface area contributed by atoms with Gasteiger partial charge in [0.05, 0.1) is 6.04 Å². The summed E-state index contributed by atoms with van der Waals surface area (Å²) in [5, 5.41) is 5.51. The molecule has 0 radical (unpaired) electrons. The Balaban J connectivity index is 2.15. The van der Waals surface area contributed by atoms with Crippen molar-refractivity contribution in [2.24, 2.45) is 0 Å². The smallest absolute Gasteiger partial charge is 0.252 e. The first-order valence-electron chi connectivity index (χ1n) is 5.86. The van der Waals surface area contributed by atoms with Crippen LogP contribution in [0.4, 0.5) is 10.1 Å². The van der Waals surface area contributed by atoms with E-state index in [-0.39, 0.29) is 23.2 Å². The van der Waals surface area contributed by atoms with Gasteiger partial charge in [-0.05, 0) is 24.6 Å². The number of anilines is 1. The first-order chi connectivity index (χ1) is 9.10. The maximum absolute atomic E-state index is 13.2. The van der Waals surface area contributed by atoms with Crippen molar-refractivity contribution in [2.75, 3.05) is 5.73 Å². The number of hydrogen-bond acceptors (Lipinski definition) is 4. The molecular weight excluding hydrogens is 265 g/mol. The first kappa shape index (κ1) is 13.5. The standard InChI is InChI=1S/C13H14FN3OS/c1-2-11(13-16-3-4-19-13)17-12(18)8-5-9(14)7-10(15)6-8/h3-7,11H,2,15H2,1H3,(H,17,18). The lowest BCUT2D eigenvalue weighted by Crippen LogP contribution is -2.28. The van der Waals surface area contributed by atoms with E-state index in [1.54, 1.807) is 6.20 Å². The van der Waals surface area contributed by atoms with Crippen molar-refractivity contribution in [1.82, 2.24) is 10.3 Å². The summed E-state index contributed by atoms with van der Waals surface area (Å²) in [4.78, 5) is 16.2. The van der Waals surface area contributed by atoms with Crippen LogP contribution in [0.5, 0.6) is 0 Å². The van der Waals surface area contributed by atoms with Gasteiger partial charge in [0, 0.05) is 22.8 Å². The topological polar surface area (TPSA) is 68.0 Å². The number of hydrogen-bond donors (Lipinski definition) is 2. The Labute approximate surface area is 114 Å². The molecule has 0 aliphatic carbocycles. The molecule has 0 aliphatic rings. The zero-order valence-electron chi connectivity index (χ0n) is 10.4. The Morgan fingerprint density at radius 3 is 2.89 bits per heavy atom. The van der Waals surface area contributed by atoms with Crippen molar-refractivity contribution in [3.63, 3.8) is 0 Å². The van der Waals surface area contributed by atoms with Crippen LogP contribution < -0.4 is 11.1 Å². The maximum atomic E-state index is 13.2. The quantitative estimate of drug-likeness (QED) is 0.846. The minimum atomic E-state index is -0.521. The molecule has 1 amide bonds. The number of nitrogens with zero attached hydrogens (tertiary/aromatic N) is 1. The normalized spacial score (nSPS) is 12.1. The molecule has 3 N–H and O–H groups in total. The summed E-state index contributed by atoms with van der Waals surface area (Å²) < 4.78 is 13.2. The molecule has 4 nitrogen and oxygen atoms in total. The molecule has 2 aromatic rings. The van der Waals surface area contributed by atoms with Gasteiger partial charge in [0.15, 0.2) is 0 Å². The number of halogens is 1. The Morgan fingerprint density at radius 2 is 2.32 bits per heavy atom. The fraction of sp³-hybridized carbons (Fsp3) is 0.231. The molecule has 0 aliphatic heterocycles. The summed E-state index contributed by atoms with van der Waals surface area (Å²) in [5.41, 5.74) is 5.97. The van der Waals surface area contributed by atoms with Gasteiger partial charge < -0.3 is 11.1 Å². The number of benzene rings is 1. The van der Waals surface area contributed by atoms with Gasteiger partial charge >= 0.3 is 0 Å². The highest BCUT2D eigenvalue weighted by molar-refractivity contribution is 7.09. The van der Waals surface area contributed by atoms with E-state index in [2.05, 4.69) is 10.3 Å². The third-order valence-corrected chi connectivity index (χ3v) is 3.53. The second-order valence-corrected chi connectivity index (χ2v) is 5.00. The van der Waals surface area contributed by atoms with Crippen LogP contribution in [-0.2, 0) is 0 Å². The van der Waals surface area contributed by atoms with Crippen LogP contribution >= 0.6 is 11.3 Å². The van der Waals surface area contributed by atoms with Crippen molar-refractivity contribution >= 4 is 22.9 Å². The molecule has 0 saturated carbocycles. The van der Waals surface area contributed by atoms with Crippen molar-refractivity contribution in [3.8, 4) is 0 Å². The van der Waals surface area contributed by atoms with Crippen molar-refractivity contribution in [1.29, 1.82) is 0 Å². The molecule has 0 bridgehead atoms. The van der Waals surface area contributed by atoms with Crippen molar-refractivity contribution < 1.29 is 9.18 Å². The van der Waals surface area contributed by atoms with Gasteiger partial charge in [-0.3, -0.25) is 4.79 Å². The van der Waals surface area contributed by atoms with Crippen LogP contribution in [0.15, 0.2) is 29.8 Å². The number of amides is 1. The van der Waals surface area contributed by atoms with E-state index in [0.29, 0.717) is 6.42 Å². The van der Waals surface area contributed by atoms with E-state index in [0.717, 1.165) is 5.01 Å². The summed E-state index contributed by atoms with van der Waals surface area (Å²) in [5.74, 6) is -0.874. The number of nitrogens with one attached hydrogen (secondary N) is 1. The zero-order chi connectivity index (χ0) is 13.8. The fourth-order valence-electron chi connectivity index (χ4n) is 1.73. The van der Waals surface area contributed by atoms with Gasteiger partial charge in [0.25, 0.3) is 5.91 Å². The Bertz CT molecular complexity index is 551. The zero-order valence-corrected chi connectivity index (χ0v) is 11.2. The molecule has 1 atom stereocenters. The minimum Gasteiger partial charge on any atom is -0.399 e. The molecule has 19 heavy (non-hydrogen) atoms. The molecule has 2 rings (SSSR count). The summed E-state index contributed by atoms with van der Waals surface area (Å²) in [6.07, 6.45) is 2.40. The molecule has 1 unspecified atom stereocenters. The number of nitrogens with two attached hydrogens (primary N) is 1. The molecule has 0 saturated heterocycles. The van der Waals surface area contributed by atoms with Gasteiger partial charge in [-0.1, -0.05) is 6.92 Å². The monoisotopic (exact) mass is 279 g/mol. The minimum absolute atomic E-state index is 0.169. The lowest BCUT2D eigenvalue weighted by Gasteiger charge is -2.14. The summed E-state index contributed by atoms with van der Waals surface area (Å²) >= 11 is 1.47. The molecule has 100 valence electrons. The second-order valence-electron chi connectivity index (χ2n) is 4.08. The molecule has 1 aromatic heterocycles.